The van der Waals surface area contributed by atoms with E-state index in [1.807, 2.05) is 25.7 Å². The van der Waals surface area contributed by atoms with Crippen LogP contribution in [-0.4, -0.2) is 62.6 Å². The average Bonchev–Trinajstić information content (AvgIpc) is 3.21. The Bertz CT molecular complexity index is 853. The SMILES string of the molecule is CN(C[C@@H]1CC(=O)N(C(C)(C)C)C1)C(=O)c1cc(-c2ccccc2O)n[nH]1. The molecule has 144 valence electrons. The summed E-state index contributed by atoms with van der Waals surface area (Å²) in [5.41, 5.74) is 1.23. The number of phenolic OH excluding ortho intramolecular Hbond substituents is 1. The number of carbonyl (C=O) groups excluding carboxylic acids is 2. The number of phenols is 1. The summed E-state index contributed by atoms with van der Waals surface area (Å²) >= 11 is 0. The van der Waals surface area contributed by atoms with E-state index in [0.717, 1.165) is 0 Å². The lowest BCUT2D eigenvalue weighted by molar-refractivity contribution is -0.131. The summed E-state index contributed by atoms with van der Waals surface area (Å²) in [4.78, 5) is 28.4. The predicted octanol–water partition coefficient (Wildman–Crippen LogP) is 2.50. The summed E-state index contributed by atoms with van der Waals surface area (Å²) < 4.78 is 0. The Morgan fingerprint density at radius 3 is 2.70 bits per heavy atom. The molecule has 7 nitrogen and oxygen atoms in total. The number of likely N-dealkylation sites (tertiary alicyclic amines) is 1. The maximum atomic E-state index is 12.7. The lowest BCUT2D eigenvalue weighted by Crippen LogP contribution is -2.43. The normalized spacial score (nSPS) is 17.4. The largest absolute Gasteiger partial charge is 0.507 e. The molecule has 1 aromatic heterocycles. The number of benzene rings is 1. The zero-order valence-corrected chi connectivity index (χ0v) is 16.2. The lowest BCUT2D eigenvalue weighted by Gasteiger charge is -2.32. The monoisotopic (exact) mass is 370 g/mol. The third kappa shape index (κ3) is 3.97. The van der Waals surface area contributed by atoms with Gasteiger partial charge in [0.2, 0.25) is 5.91 Å². The third-order valence-electron chi connectivity index (χ3n) is 4.88. The van der Waals surface area contributed by atoms with Crippen LogP contribution in [0.3, 0.4) is 0 Å². The molecular weight excluding hydrogens is 344 g/mol. The van der Waals surface area contributed by atoms with Crippen molar-refractivity contribution in [3.05, 3.63) is 36.0 Å². The minimum atomic E-state index is -0.204. The van der Waals surface area contributed by atoms with Crippen molar-refractivity contribution in [3.63, 3.8) is 0 Å². The van der Waals surface area contributed by atoms with Gasteiger partial charge in [0.15, 0.2) is 0 Å². The number of nitrogens with one attached hydrogen (secondary N) is 1. The number of nitrogens with zero attached hydrogens (tertiary/aromatic N) is 3. The fourth-order valence-corrected chi connectivity index (χ4v) is 3.49. The van der Waals surface area contributed by atoms with Crippen molar-refractivity contribution in [2.75, 3.05) is 20.1 Å². The minimum absolute atomic E-state index is 0.114. The number of hydrogen-bond donors (Lipinski definition) is 2. The highest BCUT2D eigenvalue weighted by Gasteiger charge is 2.37. The van der Waals surface area contributed by atoms with E-state index in [-0.39, 0.29) is 29.0 Å². The van der Waals surface area contributed by atoms with E-state index in [9.17, 15) is 14.7 Å². The van der Waals surface area contributed by atoms with E-state index in [2.05, 4.69) is 10.2 Å². The molecule has 1 aliphatic rings. The van der Waals surface area contributed by atoms with Crippen LogP contribution in [0.1, 0.15) is 37.7 Å². The standard InChI is InChI=1S/C20H26N4O3/c1-20(2,3)24-12-13(9-18(24)26)11-23(4)19(27)16-10-15(21-22-16)14-7-5-6-8-17(14)25/h5-8,10,13,25H,9,11-12H2,1-4H3,(H,21,22)/t13-/m0/s1. The number of hydrogen-bond acceptors (Lipinski definition) is 4. The second-order valence-electron chi connectivity index (χ2n) is 8.11. The molecule has 2 amide bonds. The summed E-state index contributed by atoms with van der Waals surface area (Å²) in [7, 11) is 1.73. The number of H-pyrrole nitrogens is 1. The van der Waals surface area contributed by atoms with Gasteiger partial charge in [0.1, 0.15) is 11.4 Å². The molecule has 0 bridgehead atoms. The molecule has 0 aliphatic carbocycles. The number of aromatic nitrogens is 2. The van der Waals surface area contributed by atoms with Gasteiger partial charge in [-0.1, -0.05) is 12.1 Å². The van der Waals surface area contributed by atoms with Crippen LogP contribution >= 0.6 is 0 Å². The first kappa shape index (κ1) is 18.9. The fourth-order valence-electron chi connectivity index (χ4n) is 3.49. The summed E-state index contributed by atoms with van der Waals surface area (Å²) in [5.74, 6) is 0.178. The van der Waals surface area contributed by atoms with Crippen LogP contribution in [0, 0.1) is 5.92 Å². The molecule has 27 heavy (non-hydrogen) atoms. The summed E-state index contributed by atoms with van der Waals surface area (Å²) in [6.07, 6.45) is 0.459. The van der Waals surface area contributed by atoms with E-state index < -0.39 is 0 Å². The van der Waals surface area contributed by atoms with Crippen LogP contribution < -0.4 is 0 Å². The van der Waals surface area contributed by atoms with Crippen molar-refractivity contribution in [2.45, 2.75) is 32.7 Å². The molecule has 1 fully saturated rings. The molecule has 0 radical (unpaired) electrons. The number of carbonyl (C=O) groups is 2. The third-order valence-corrected chi connectivity index (χ3v) is 4.88. The second-order valence-corrected chi connectivity index (χ2v) is 8.11. The molecule has 2 heterocycles. The zero-order valence-electron chi connectivity index (χ0n) is 16.2. The summed E-state index contributed by atoms with van der Waals surface area (Å²) in [6.45, 7) is 7.22. The van der Waals surface area contributed by atoms with E-state index >= 15 is 0 Å². The molecule has 1 aromatic carbocycles. The Kier molecular flexibility index (Phi) is 4.95. The molecule has 0 unspecified atom stereocenters. The van der Waals surface area contributed by atoms with Crippen molar-refractivity contribution >= 4 is 11.8 Å². The highest BCUT2D eigenvalue weighted by atomic mass is 16.3. The van der Waals surface area contributed by atoms with Crippen LogP contribution in [0.5, 0.6) is 5.75 Å². The van der Waals surface area contributed by atoms with Crippen molar-refractivity contribution in [1.29, 1.82) is 0 Å². The van der Waals surface area contributed by atoms with Crippen LogP contribution in [-0.2, 0) is 4.79 Å². The van der Waals surface area contributed by atoms with Crippen LogP contribution in [0.2, 0.25) is 0 Å². The van der Waals surface area contributed by atoms with Gasteiger partial charge < -0.3 is 14.9 Å². The number of aromatic hydroxyl groups is 1. The Hall–Kier alpha value is -2.83. The minimum Gasteiger partial charge on any atom is -0.507 e. The van der Waals surface area contributed by atoms with Gasteiger partial charge in [0.05, 0.1) is 5.69 Å². The van der Waals surface area contributed by atoms with E-state index in [1.165, 1.54) is 0 Å². The smallest absolute Gasteiger partial charge is 0.271 e. The molecular formula is C20H26N4O3. The molecule has 1 aliphatic heterocycles. The van der Waals surface area contributed by atoms with Gasteiger partial charge in [-0.15, -0.1) is 0 Å². The topological polar surface area (TPSA) is 89.5 Å². The Labute approximate surface area is 159 Å². The van der Waals surface area contributed by atoms with Crippen LogP contribution in [0.4, 0.5) is 0 Å². The summed E-state index contributed by atoms with van der Waals surface area (Å²) in [5, 5.41) is 16.8. The van der Waals surface area contributed by atoms with Gasteiger partial charge in [-0.3, -0.25) is 14.7 Å². The second kappa shape index (κ2) is 7.06. The van der Waals surface area contributed by atoms with Gasteiger partial charge in [-0.25, -0.2) is 0 Å². The molecule has 0 spiro atoms. The first-order valence-electron chi connectivity index (χ1n) is 9.06. The van der Waals surface area contributed by atoms with Crippen LogP contribution in [0.15, 0.2) is 30.3 Å². The van der Waals surface area contributed by atoms with Gasteiger partial charge in [0, 0.05) is 43.6 Å². The van der Waals surface area contributed by atoms with Gasteiger partial charge in [-0.05, 0) is 39.0 Å². The Morgan fingerprint density at radius 1 is 1.37 bits per heavy atom. The highest BCUT2D eigenvalue weighted by Crippen LogP contribution is 2.28. The zero-order chi connectivity index (χ0) is 19.8. The average molecular weight is 370 g/mol. The Balaban J connectivity index is 1.67. The molecule has 2 aromatic rings. The first-order chi connectivity index (χ1) is 12.7. The van der Waals surface area contributed by atoms with Crippen LogP contribution in [0.25, 0.3) is 11.3 Å². The molecule has 2 N–H and O–H groups in total. The maximum absolute atomic E-state index is 12.7. The molecule has 7 heteroatoms. The highest BCUT2D eigenvalue weighted by molar-refractivity contribution is 5.93. The molecule has 3 rings (SSSR count). The van der Waals surface area contributed by atoms with Crippen molar-refractivity contribution in [1.82, 2.24) is 20.0 Å². The summed E-state index contributed by atoms with van der Waals surface area (Å²) in [6, 6.07) is 8.49. The van der Waals surface area contributed by atoms with Crippen molar-refractivity contribution < 1.29 is 14.7 Å². The quantitative estimate of drug-likeness (QED) is 0.865. The fraction of sp³-hybridized carbons (Fsp3) is 0.450. The van der Waals surface area contributed by atoms with Crippen molar-refractivity contribution in [3.8, 4) is 17.0 Å². The molecule has 1 saturated heterocycles. The number of amides is 2. The van der Waals surface area contributed by atoms with Crippen molar-refractivity contribution in [2.24, 2.45) is 5.92 Å². The molecule has 0 saturated carbocycles. The van der Waals surface area contributed by atoms with E-state index in [0.29, 0.717) is 36.5 Å². The van der Waals surface area contributed by atoms with Gasteiger partial charge >= 0.3 is 0 Å². The predicted molar refractivity (Wildman–Crippen MR) is 102 cm³/mol. The molecule has 1 atom stereocenters. The van der Waals surface area contributed by atoms with Gasteiger partial charge in [0.25, 0.3) is 5.91 Å². The lowest BCUT2D eigenvalue weighted by atomic mass is 10.1. The maximum Gasteiger partial charge on any atom is 0.271 e. The first-order valence-corrected chi connectivity index (χ1v) is 9.06. The van der Waals surface area contributed by atoms with Gasteiger partial charge in [-0.2, -0.15) is 5.10 Å². The van der Waals surface area contributed by atoms with E-state index in [4.69, 9.17) is 0 Å². The Morgan fingerprint density at radius 2 is 2.07 bits per heavy atom. The number of para-hydroxylation sites is 1. The number of aromatic amines is 1. The van der Waals surface area contributed by atoms with E-state index in [1.54, 1.807) is 42.3 Å². The number of rotatable bonds is 4.